The van der Waals surface area contributed by atoms with E-state index >= 15 is 0 Å². The summed E-state index contributed by atoms with van der Waals surface area (Å²) in [6, 6.07) is 4.52. The minimum absolute atomic E-state index is 0.0501. The Labute approximate surface area is 103 Å². The lowest BCUT2D eigenvalue weighted by atomic mass is 10.1. The van der Waals surface area contributed by atoms with E-state index in [9.17, 15) is 13.2 Å². The summed E-state index contributed by atoms with van der Waals surface area (Å²) < 4.78 is 23.6. The van der Waals surface area contributed by atoms with Crippen molar-refractivity contribution in [3.8, 4) is 0 Å². The Kier molecular flexibility index (Phi) is 4.23. The molecule has 0 aromatic heterocycles. The van der Waals surface area contributed by atoms with Gasteiger partial charge in [-0.05, 0) is 24.7 Å². The fourth-order valence-electron chi connectivity index (χ4n) is 1.31. The summed E-state index contributed by atoms with van der Waals surface area (Å²) in [5.41, 5.74) is 5.48. The van der Waals surface area contributed by atoms with E-state index in [0.717, 1.165) is 6.26 Å². The van der Waals surface area contributed by atoms with Crippen LogP contribution in [-0.2, 0) is 9.84 Å². The molecule has 0 aliphatic carbocycles. The molecule has 88 valence electrons. The number of carbonyl (C=O) groups is 1. The predicted molar refractivity (Wildman–Crippen MR) is 65.3 cm³/mol. The first-order valence-electron chi connectivity index (χ1n) is 4.59. The van der Waals surface area contributed by atoms with Crippen molar-refractivity contribution in [1.82, 2.24) is 0 Å². The smallest absolute Gasteiger partial charge is 0.176 e. The molecular formula is C10H12BrNO3S. The Hall–Kier alpha value is -0.720. The topological polar surface area (TPSA) is 77.2 Å². The molecule has 4 nitrogen and oxygen atoms in total. The van der Waals surface area contributed by atoms with Gasteiger partial charge in [-0.1, -0.05) is 15.9 Å². The number of sulfone groups is 1. The summed E-state index contributed by atoms with van der Waals surface area (Å²) in [6.45, 7) is 0.203. The third kappa shape index (κ3) is 3.13. The van der Waals surface area contributed by atoms with Crippen LogP contribution < -0.4 is 5.73 Å². The Morgan fingerprint density at radius 1 is 1.44 bits per heavy atom. The molecule has 0 unspecified atom stereocenters. The van der Waals surface area contributed by atoms with Crippen LogP contribution in [0, 0.1) is 0 Å². The van der Waals surface area contributed by atoms with Crippen molar-refractivity contribution in [2.75, 3.05) is 12.8 Å². The fraction of sp³-hybridized carbons (Fsp3) is 0.300. The average molecular weight is 306 g/mol. The van der Waals surface area contributed by atoms with Crippen LogP contribution >= 0.6 is 15.9 Å². The summed E-state index contributed by atoms with van der Waals surface area (Å²) in [5.74, 6) is -0.260. The van der Waals surface area contributed by atoms with Gasteiger partial charge in [0.05, 0.1) is 4.90 Å². The van der Waals surface area contributed by atoms with Crippen molar-refractivity contribution in [3.63, 3.8) is 0 Å². The van der Waals surface area contributed by atoms with E-state index in [1.807, 2.05) is 0 Å². The summed E-state index contributed by atoms with van der Waals surface area (Å²) in [4.78, 5) is 11.7. The van der Waals surface area contributed by atoms with Crippen molar-refractivity contribution in [1.29, 1.82) is 0 Å². The zero-order valence-electron chi connectivity index (χ0n) is 8.73. The van der Waals surface area contributed by atoms with Gasteiger partial charge in [0.25, 0.3) is 0 Å². The molecule has 0 saturated heterocycles. The van der Waals surface area contributed by atoms with E-state index in [1.54, 1.807) is 6.07 Å². The van der Waals surface area contributed by atoms with Gasteiger partial charge in [-0.15, -0.1) is 0 Å². The molecule has 1 rings (SSSR count). The van der Waals surface area contributed by atoms with Crippen LogP contribution in [0.25, 0.3) is 0 Å². The molecular weight excluding hydrogens is 294 g/mol. The van der Waals surface area contributed by atoms with Crippen LogP contribution in [-0.4, -0.2) is 27.0 Å². The highest BCUT2D eigenvalue weighted by molar-refractivity contribution is 9.10. The molecule has 1 aromatic carbocycles. The summed E-state index contributed by atoms with van der Waals surface area (Å²) in [7, 11) is -3.40. The zero-order valence-corrected chi connectivity index (χ0v) is 11.1. The molecule has 0 radical (unpaired) electrons. The van der Waals surface area contributed by atoms with Crippen molar-refractivity contribution < 1.29 is 13.2 Å². The summed E-state index contributed by atoms with van der Waals surface area (Å²) in [6.07, 6.45) is 1.22. The van der Waals surface area contributed by atoms with Gasteiger partial charge in [0, 0.05) is 22.7 Å². The molecule has 1 aromatic rings. The molecule has 0 aliphatic rings. The molecule has 0 spiro atoms. The second-order valence-corrected chi connectivity index (χ2v) is 6.27. The lowest BCUT2D eigenvalue weighted by molar-refractivity contribution is 0.0982. The SMILES string of the molecule is CS(=O)(=O)c1ccc(Br)cc1C(=O)CCN. The Morgan fingerprint density at radius 3 is 2.56 bits per heavy atom. The predicted octanol–water partition coefficient (Wildman–Crippen LogP) is 1.38. The first-order valence-corrected chi connectivity index (χ1v) is 7.27. The van der Waals surface area contributed by atoms with Gasteiger partial charge in [0.15, 0.2) is 15.6 Å². The van der Waals surface area contributed by atoms with E-state index < -0.39 is 9.84 Å². The first kappa shape index (κ1) is 13.3. The molecule has 0 saturated carbocycles. The van der Waals surface area contributed by atoms with Gasteiger partial charge < -0.3 is 5.73 Å². The number of nitrogens with two attached hydrogens (primary N) is 1. The number of Topliss-reactive ketones (excluding diaryl/α,β-unsaturated/α-hetero) is 1. The number of rotatable bonds is 4. The highest BCUT2D eigenvalue weighted by Gasteiger charge is 2.18. The van der Waals surface area contributed by atoms with Crippen molar-refractivity contribution in [3.05, 3.63) is 28.2 Å². The third-order valence-corrected chi connectivity index (χ3v) is 3.66. The Morgan fingerprint density at radius 2 is 2.06 bits per heavy atom. The Balaban J connectivity index is 3.35. The van der Waals surface area contributed by atoms with Crippen LogP contribution in [0.5, 0.6) is 0 Å². The molecule has 16 heavy (non-hydrogen) atoms. The summed E-state index contributed by atoms with van der Waals surface area (Å²) >= 11 is 3.20. The molecule has 0 amide bonds. The van der Waals surface area contributed by atoms with Gasteiger partial charge in [0.1, 0.15) is 0 Å². The quantitative estimate of drug-likeness (QED) is 0.853. The van der Waals surface area contributed by atoms with Gasteiger partial charge >= 0.3 is 0 Å². The van der Waals surface area contributed by atoms with Crippen LogP contribution in [0.1, 0.15) is 16.8 Å². The largest absolute Gasteiger partial charge is 0.330 e. The monoisotopic (exact) mass is 305 g/mol. The third-order valence-electron chi connectivity index (χ3n) is 2.01. The summed E-state index contributed by atoms with van der Waals surface area (Å²) in [5, 5.41) is 0. The molecule has 0 aliphatic heterocycles. The molecule has 2 N–H and O–H groups in total. The maximum Gasteiger partial charge on any atom is 0.176 e. The van der Waals surface area contributed by atoms with Gasteiger partial charge in [-0.25, -0.2) is 8.42 Å². The van der Waals surface area contributed by atoms with Crippen molar-refractivity contribution in [2.24, 2.45) is 5.73 Å². The number of hydrogen-bond acceptors (Lipinski definition) is 4. The van der Waals surface area contributed by atoms with Crippen LogP contribution in [0.2, 0.25) is 0 Å². The van der Waals surface area contributed by atoms with E-state index in [2.05, 4.69) is 15.9 Å². The number of hydrogen-bond donors (Lipinski definition) is 1. The highest BCUT2D eigenvalue weighted by Crippen LogP contribution is 2.22. The maximum atomic E-state index is 11.7. The average Bonchev–Trinajstić information content (AvgIpc) is 2.16. The first-order chi connectivity index (χ1) is 7.36. The van der Waals surface area contributed by atoms with Crippen molar-refractivity contribution in [2.45, 2.75) is 11.3 Å². The van der Waals surface area contributed by atoms with E-state index in [-0.39, 0.29) is 29.2 Å². The van der Waals surface area contributed by atoms with E-state index in [4.69, 9.17) is 5.73 Å². The van der Waals surface area contributed by atoms with Gasteiger partial charge in [-0.3, -0.25) is 4.79 Å². The molecule has 0 bridgehead atoms. The second-order valence-electron chi connectivity index (χ2n) is 3.37. The maximum absolute atomic E-state index is 11.7. The number of benzene rings is 1. The molecule has 0 atom stereocenters. The van der Waals surface area contributed by atoms with Crippen LogP contribution in [0.15, 0.2) is 27.6 Å². The van der Waals surface area contributed by atoms with Crippen LogP contribution in [0.4, 0.5) is 0 Å². The Bertz CT molecular complexity index is 511. The normalized spacial score (nSPS) is 11.4. The van der Waals surface area contributed by atoms with Gasteiger partial charge in [-0.2, -0.15) is 0 Å². The van der Waals surface area contributed by atoms with E-state index in [0.29, 0.717) is 4.47 Å². The van der Waals surface area contributed by atoms with Gasteiger partial charge in [0.2, 0.25) is 0 Å². The number of ketones is 1. The highest BCUT2D eigenvalue weighted by atomic mass is 79.9. The molecule has 0 heterocycles. The molecule has 6 heteroatoms. The van der Waals surface area contributed by atoms with Crippen molar-refractivity contribution >= 4 is 31.6 Å². The number of halogens is 1. The zero-order chi connectivity index (χ0) is 12.3. The lowest BCUT2D eigenvalue weighted by Crippen LogP contribution is -2.12. The standard InChI is InChI=1S/C10H12BrNO3S/c1-16(14,15)10-3-2-7(11)6-8(10)9(13)4-5-12/h2-3,6H,4-5,12H2,1H3. The second kappa shape index (κ2) is 5.07. The lowest BCUT2D eigenvalue weighted by Gasteiger charge is -2.07. The molecule has 0 fully saturated rings. The van der Waals surface area contributed by atoms with E-state index in [1.165, 1.54) is 12.1 Å². The van der Waals surface area contributed by atoms with Crippen LogP contribution in [0.3, 0.4) is 0 Å². The minimum atomic E-state index is -3.40. The fourth-order valence-corrected chi connectivity index (χ4v) is 2.56. The number of carbonyl (C=O) groups excluding carboxylic acids is 1. The minimum Gasteiger partial charge on any atom is -0.330 e.